The summed E-state index contributed by atoms with van der Waals surface area (Å²) in [6.07, 6.45) is 11.0. The second-order valence-electron chi connectivity index (χ2n) is 5.80. The fourth-order valence-electron chi connectivity index (χ4n) is 2.32. The average molecular weight is 249 g/mol. The van der Waals surface area contributed by atoms with Gasteiger partial charge in [0.1, 0.15) is 11.5 Å². The molecule has 1 aromatic rings. The molecule has 2 heterocycles. The largest absolute Gasteiger partial charge is 0.334 e. The molecule has 3 rings (SSSR count). The number of imidazole rings is 1. The highest BCUT2D eigenvalue weighted by Crippen LogP contribution is 2.45. The van der Waals surface area contributed by atoms with Gasteiger partial charge in [0.15, 0.2) is 0 Å². The van der Waals surface area contributed by atoms with Gasteiger partial charge in [0.05, 0.1) is 12.2 Å². The minimum Gasteiger partial charge on any atom is -0.334 e. The first-order valence-corrected chi connectivity index (χ1v) is 8.89. The summed E-state index contributed by atoms with van der Waals surface area (Å²) in [6.45, 7) is 0. The van der Waals surface area contributed by atoms with Crippen LogP contribution in [0.2, 0.25) is 0 Å². The van der Waals surface area contributed by atoms with Crippen LogP contribution in [0.1, 0.15) is 30.4 Å². The van der Waals surface area contributed by atoms with E-state index in [4.69, 9.17) is 0 Å². The third-order valence-corrected chi connectivity index (χ3v) is 4.01. The Morgan fingerprint density at radius 2 is 2.18 bits per heavy atom. The number of nitrogens with zero attached hydrogens (tertiary/aromatic N) is 1. The lowest BCUT2D eigenvalue weighted by Crippen LogP contribution is -2.18. The second kappa shape index (κ2) is 3.79. The lowest BCUT2D eigenvalue weighted by Gasteiger charge is -2.14. The molecule has 0 bridgehead atoms. The van der Waals surface area contributed by atoms with Crippen molar-refractivity contribution < 1.29 is 0 Å². The van der Waals surface area contributed by atoms with Gasteiger partial charge in [0, 0.05) is 6.04 Å². The number of aromatic nitrogens is 2. The molecule has 2 aliphatic rings. The molecule has 1 saturated heterocycles. The van der Waals surface area contributed by atoms with Crippen molar-refractivity contribution in [1.82, 2.24) is 15.3 Å². The number of aromatic amines is 1. The van der Waals surface area contributed by atoms with Gasteiger partial charge in [-0.25, -0.2) is 4.98 Å². The third-order valence-electron chi connectivity index (χ3n) is 3.29. The molecule has 1 aliphatic carbocycles. The number of hydrogen-bond donors (Lipinski definition) is 2. The molecule has 0 aromatic carbocycles. The van der Waals surface area contributed by atoms with Crippen molar-refractivity contribution in [3.8, 4) is 11.2 Å². The Morgan fingerprint density at radius 3 is 2.82 bits per heavy atom. The van der Waals surface area contributed by atoms with E-state index in [1.807, 2.05) is 6.20 Å². The van der Waals surface area contributed by atoms with E-state index in [9.17, 15) is 0 Å². The minimum atomic E-state index is -0.758. The predicted molar refractivity (Wildman–Crippen MR) is 73.2 cm³/mol. The zero-order valence-corrected chi connectivity index (χ0v) is 11.4. The van der Waals surface area contributed by atoms with Crippen LogP contribution in [0.3, 0.4) is 0 Å². The third kappa shape index (κ3) is 2.51. The van der Waals surface area contributed by atoms with Gasteiger partial charge in [-0.1, -0.05) is 0 Å². The highest BCUT2D eigenvalue weighted by Gasteiger charge is 2.46. The van der Waals surface area contributed by atoms with Crippen molar-refractivity contribution in [3.05, 3.63) is 17.7 Å². The van der Waals surface area contributed by atoms with Gasteiger partial charge in [0.2, 0.25) is 0 Å². The Kier molecular flexibility index (Phi) is 2.49. The molecule has 1 saturated carbocycles. The monoisotopic (exact) mass is 249 g/mol. The lowest BCUT2D eigenvalue weighted by atomic mass is 10.2. The summed E-state index contributed by atoms with van der Waals surface area (Å²) in [7, 11) is -0.758. The summed E-state index contributed by atoms with van der Waals surface area (Å²) in [6, 6.07) is 1.19. The van der Waals surface area contributed by atoms with Crippen molar-refractivity contribution in [3.63, 3.8) is 0 Å². The molecule has 0 spiro atoms. The van der Waals surface area contributed by atoms with Crippen LogP contribution in [0.5, 0.6) is 0 Å². The quantitative estimate of drug-likeness (QED) is 0.746. The van der Waals surface area contributed by atoms with Crippen LogP contribution < -0.4 is 5.32 Å². The zero-order valence-electron chi connectivity index (χ0n) is 10.6. The summed E-state index contributed by atoms with van der Waals surface area (Å²) in [4.78, 5) is 7.78. The molecule has 0 amide bonds. The van der Waals surface area contributed by atoms with Crippen molar-refractivity contribution in [2.24, 2.45) is 5.92 Å². The maximum atomic E-state index is 4.44. The van der Waals surface area contributed by atoms with Gasteiger partial charge >= 0.3 is 0 Å². The van der Waals surface area contributed by atoms with Crippen molar-refractivity contribution in [2.45, 2.75) is 24.9 Å². The van der Waals surface area contributed by atoms with E-state index in [-0.39, 0.29) is 0 Å². The summed E-state index contributed by atoms with van der Waals surface area (Å²) in [5, 5.41) is 6.89. The maximum absolute atomic E-state index is 4.44. The molecule has 0 radical (unpaired) electrons. The van der Waals surface area contributed by atoms with Crippen LogP contribution in [-0.2, 0) is 0 Å². The number of hydrogen-bond acceptors (Lipinski definition) is 2. The topological polar surface area (TPSA) is 40.7 Å². The summed E-state index contributed by atoms with van der Waals surface area (Å²) >= 11 is 0. The van der Waals surface area contributed by atoms with Gasteiger partial charge in [0.25, 0.3) is 0 Å². The molecular weight excluding hydrogens is 230 g/mol. The van der Waals surface area contributed by atoms with Crippen LogP contribution >= 0.6 is 10.0 Å². The van der Waals surface area contributed by atoms with E-state index in [0.717, 1.165) is 23.5 Å². The van der Waals surface area contributed by atoms with Crippen molar-refractivity contribution in [2.75, 3.05) is 18.8 Å². The van der Waals surface area contributed by atoms with E-state index < -0.39 is 10.0 Å². The molecular formula is C13H19N3S. The van der Waals surface area contributed by atoms with Crippen LogP contribution in [0.15, 0.2) is 6.20 Å². The Balaban J connectivity index is 1.71. The summed E-state index contributed by atoms with van der Waals surface area (Å²) in [5.74, 6) is 5.15. The van der Waals surface area contributed by atoms with Crippen LogP contribution in [0, 0.1) is 17.1 Å². The SMILES string of the molecule is CS(C)(C)C#Cc1cnc([C@@H]2C[C@H]3C[C@H]3N2)[nH]1. The van der Waals surface area contributed by atoms with Crippen LogP contribution in [0.25, 0.3) is 0 Å². The average Bonchev–Trinajstić information content (AvgIpc) is 2.72. The molecule has 4 heteroatoms. The van der Waals surface area contributed by atoms with E-state index in [0.29, 0.717) is 6.04 Å². The Labute approximate surface area is 104 Å². The maximum Gasteiger partial charge on any atom is 0.124 e. The molecule has 2 N–H and O–H groups in total. The predicted octanol–water partition coefficient (Wildman–Crippen LogP) is 1.84. The first-order valence-electron chi connectivity index (χ1n) is 6.03. The highest BCUT2D eigenvalue weighted by molar-refractivity contribution is 8.35. The number of nitrogens with one attached hydrogen (secondary N) is 2. The summed E-state index contributed by atoms with van der Waals surface area (Å²) < 4.78 is 0. The molecule has 17 heavy (non-hydrogen) atoms. The Bertz CT molecular complexity index is 479. The lowest BCUT2D eigenvalue weighted by molar-refractivity contribution is 0.543. The fraction of sp³-hybridized carbons (Fsp3) is 0.615. The first-order chi connectivity index (χ1) is 8.01. The number of rotatable bonds is 1. The Morgan fingerprint density at radius 1 is 1.35 bits per heavy atom. The molecule has 1 aliphatic heterocycles. The van der Waals surface area contributed by atoms with Crippen LogP contribution in [0.4, 0.5) is 0 Å². The van der Waals surface area contributed by atoms with E-state index >= 15 is 0 Å². The molecule has 3 atom stereocenters. The first kappa shape index (κ1) is 11.2. The van der Waals surface area contributed by atoms with E-state index in [2.05, 4.69) is 45.2 Å². The fourth-order valence-corrected chi connectivity index (χ4v) is 2.73. The van der Waals surface area contributed by atoms with Crippen molar-refractivity contribution >= 4 is 10.0 Å². The number of fused-ring (bicyclic) bond motifs is 1. The molecule has 1 aromatic heterocycles. The number of piperidine rings is 1. The van der Waals surface area contributed by atoms with Crippen molar-refractivity contribution in [1.29, 1.82) is 0 Å². The van der Waals surface area contributed by atoms with Gasteiger partial charge in [-0.15, -0.1) is 0 Å². The van der Waals surface area contributed by atoms with Gasteiger partial charge in [-0.05, 0) is 48.7 Å². The summed E-state index contributed by atoms with van der Waals surface area (Å²) in [5.41, 5.74) is 0.949. The van der Waals surface area contributed by atoms with Gasteiger partial charge in [-0.2, -0.15) is 10.0 Å². The van der Waals surface area contributed by atoms with Gasteiger partial charge in [-0.3, -0.25) is 0 Å². The molecule has 2 fully saturated rings. The minimum absolute atomic E-state index is 0.427. The Hall–Kier alpha value is -0.920. The molecule has 92 valence electrons. The zero-order chi connectivity index (χ0) is 12.0. The normalized spacial score (nSPS) is 31.6. The highest BCUT2D eigenvalue weighted by atomic mass is 32.3. The number of H-pyrrole nitrogens is 1. The molecule has 3 nitrogen and oxygen atoms in total. The van der Waals surface area contributed by atoms with Crippen LogP contribution in [-0.4, -0.2) is 34.8 Å². The molecule has 0 unspecified atom stereocenters. The van der Waals surface area contributed by atoms with E-state index in [1.54, 1.807) is 0 Å². The van der Waals surface area contributed by atoms with E-state index in [1.165, 1.54) is 12.8 Å². The van der Waals surface area contributed by atoms with Gasteiger partial charge < -0.3 is 10.3 Å². The second-order valence-corrected chi connectivity index (χ2v) is 9.68. The smallest absolute Gasteiger partial charge is 0.124 e. The standard InChI is InChI=1S/C13H19N3S/c1-17(2,3)5-4-10-8-14-13(15-10)12-7-9-6-11(9)16-12/h8-9,11-12,16H,6-7H2,1-3H3,(H,14,15)/t9-,11-,12+/m1/s1.